The van der Waals surface area contributed by atoms with Crippen molar-refractivity contribution in [3.8, 4) is 5.75 Å². The average molecular weight is 454 g/mol. The van der Waals surface area contributed by atoms with Crippen LogP contribution in [0.2, 0.25) is 0 Å². The number of hydrogen-bond acceptors (Lipinski definition) is 6. The van der Waals surface area contributed by atoms with E-state index in [1.54, 1.807) is 48.5 Å². The fourth-order valence-corrected chi connectivity index (χ4v) is 2.88. The predicted octanol–water partition coefficient (Wildman–Crippen LogP) is 3.51. The number of carbonyl (C=O) groups is 1. The molecule has 0 fully saturated rings. The molecular formula is C20H24BrNO6. The molecule has 0 aliphatic carbocycles. The summed E-state index contributed by atoms with van der Waals surface area (Å²) in [6.45, 7) is -0.0677. The third kappa shape index (κ3) is 6.79. The maximum absolute atomic E-state index is 12.4. The third-order valence-corrected chi connectivity index (χ3v) is 4.45. The number of halogens is 1. The molecule has 2 atom stereocenters. The van der Waals surface area contributed by atoms with Crippen molar-refractivity contribution < 1.29 is 29.2 Å². The number of carbonyl (C=O) groups excluding carboxylic acids is 1. The highest BCUT2D eigenvalue weighted by Gasteiger charge is 2.27. The van der Waals surface area contributed by atoms with Crippen LogP contribution in [0.5, 0.6) is 5.75 Å². The highest BCUT2D eigenvalue weighted by molar-refractivity contribution is 9.10. The Balaban J connectivity index is 2.19. The van der Waals surface area contributed by atoms with Crippen molar-refractivity contribution >= 4 is 27.7 Å². The lowest BCUT2D eigenvalue weighted by atomic mass is 10.0. The normalized spacial score (nSPS) is 12.9. The number of benzene rings is 2. The van der Waals surface area contributed by atoms with Crippen molar-refractivity contribution in [3.63, 3.8) is 0 Å². The van der Waals surface area contributed by atoms with E-state index in [2.05, 4.69) is 21.2 Å². The molecule has 0 aliphatic heterocycles. The largest absolute Gasteiger partial charge is 0.491 e. The number of amides is 1. The van der Waals surface area contributed by atoms with Gasteiger partial charge in [0.2, 0.25) is 0 Å². The Morgan fingerprint density at radius 3 is 2.54 bits per heavy atom. The number of hydrogen-bond donors (Lipinski definition) is 3. The highest BCUT2D eigenvalue weighted by atomic mass is 79.9. The molecule has 0 radical (unpaired) electrons. The highest BCUT2D eigenvalue weighted by Crippen LogP contribution is 2.29. The summed E-state index contributed by atoms with van der Waals surface area (Å²) in [6.07, 6.45) is -1.66. The fourth-order valence-electron chi connectivity index (χ4n) is 2.62. The fraction of sp³-hybridized carbons (Fsp3) is 0.350. The number of nitrogens with one attached hydrogen (secondary N) is 1. The van der Waals surface area contributed by atoms with Gasteiger partial charge in [-0.15, -0.1) is 0 Å². The van der Waals surface area contributed by atoms with E-state index in [9.17, 15) is 9.90 Å². The summed E-state index contributed by atoms with van der Waals surface area (Å²) in [5.41, 5.74) is 1.24. The van der Waals surface area contributed by atoms with Gasteiger partial charge in [-0.1, -0.05) is 28.1 Å². The van der Waals surface area contributed by atoms with Gasteiger partial charge in [-0.3, -0.25) is 5.32 Å². The number of rotatable bonds is 10. The van der Waals surface area contributed by atoms with Crippen molar-refractivity contribution in [1.29, 1.82) is 0 Å². The molecule has 0 aromatic heterocycles. The number of anilines is 1. The van der Waals surface area contributed by atoms with Gasteiger partial charge >= 0.3 is 6.09 Å². The minimum atomic E-state index is -0.759. The predicted molar refractivity (Wildman–Crippen MR) is 109 cm³/mol. The maximum Gasteiger partial charge on any atom is 0.412 e. The van der Waals surface area contributed by atoms with E-state index >= 15 is 0 Å². The molecule has 152 valence electrons. The first-order valence-corrected chi connectivity index (χ1v) is 9.57. The Labute approximate surface area is 172 Å². The zero-order chi connectivity index (χ0) is 20.4. The monoisotopic (exact) mass is 453 g/mol. The molecule has 2 aromatic carbocycles. The number of ether oxygens (including phenoxy) is 3. The molecule has 0 heterocycles. The summed E-state index contributed by atoms with van der Waals surface area (Å²) in [6, 6.07) is 14.1. The molecule has 0 unspecified atom stereocenters. The Morgan fingerprint density at radius 2 is 1.89 bits per heavy atom. The molecule has 2 rings (SSSR count). The molecule has 28 heavy (non-hydrogen) atoms. The smallest absolute Gasteiger partial charge is 0.412 e. The van der Waals surface area contributed by atoms with E-state index in [0.29, 0.717) is 17.0 Å². The lowest BCUT2D eigenvalue weighted by molar-refractivity contribution is -0.0306. The van der Waals surface area contributed by atoms with Gasteiger partial charge in [-0.25, -0.2) is 4.79 Å². The van der Waals surface area contributed by atoms with Gasteiger partial charge in [0.05, 0.1) is 6.61 Å². The Bertz CT molecular complexity index is 740. The van der Waals surface area contributed by atoms with E-state index < -0.39 is 18.3 Å². The molecule has 3 N–H and O–H groups in total. The minimum Gasteiger partial charge on any atom is -0.491 e. The molecule has 8 heteroatoms. The number of aliphatic hydroxyl groups excluding tert-OH is 2. The van der Waals surface area contributed by atoms with Gasteiger partial charge in [0.1, 0.15) is 18.5 Å². The lowest BCUT2D eigenvalue weighted by Gasteiger charge is -2.26. The summed E-state index contributed by atoms with van der Waals surface area (Å²) < 4.78 is 17.4. The second-order valence-corrected chi connectivity index (χ2v) is 6.80. The lowest BCUT2D eigenvalue weighted by Crippen LogP contribution is -2.29. The van der Waals surface area contributed by atoms with Crippen LogP contribution in [-0.4, -0.2) is 49.3 Å². The summed E-state index contributed by atoms with van der Waals surface area (Å²) in [5.74, 6) is 0.535. The quantitative estimate of drug-likeness (QED) is 0.509. The molecule has 7 nitrogen and oxygen atoms in total. The standard InChI is InChI=1S/C20H24BrNO6/c1-26-18(9-10-23)19(14-3-2-4-17(13-14)27-12-11-24)28-20(25)22-16-7-5-15(21)6-8-16/h2-8,13,18-19,23-24H,9-12H2,1H3,(H,22,25)/t18-,19-/m1/s1. The van der Waals surface area contributed by atoms with E-state index in [4.69, 9.17) is 19.3 Å². The van der Waals surface area contributed by atoms with Crippen LogP contribution >= 0.6 is 15.9 Å². The van der Waals surface area contributed by atoms with Crippen LogP contribution in [0.4, 0.5) is 10.5 Å². The average Bonchev–Trinajstić information content (AvgIpc) is 2.71. The van der Waals surface area contributed by atoms with Crippen LogP contribution in [0.3, 0.4) is 0 Å². The van der Waals surface area contributed by atoms with E-state index in [0.717, 1.165) is 4.47 Å². The Kier molecular flexibility index (Phi) is 9.22. The molecule has 0 aliphatic rings. The number of methoxy groups -OCH3 is 1. The van der Waals surface area contributed by atoms with Crippen molar-refractivity contribution in [3.05, 3.63) is 58.6 Å². The van der Waals surface area contributed by atoms with Gasteiger partial charge in [0.25, 0.3) is 0 Å². The second-order valence-electron chi connectivity index (χ2n) is 5.89. The first kappa shape index (κ1) is 22.2. The minimum absolute atomic E-state index is 0.106. The van der Waals surface area contributed by atoms with Crippen LogP contribution in [-0.2, 0) is 9.47 Å². The van der Waals surface area contributed by atoms with E-state index in [-0.39, 0.29) is 26.2 Å². The van der Waals surface area contributed by atoms with Crippen LogP contribution in [0.15, 0.2) is 53.0 Å². The second kappa shape index (κ2) is 11.7. The van der Waals surface area contributed by atoms with E-state index in [1.165, 1.54) is 7.11 Å². The number of aliphatic hydroxyl groups is 2. The summed E-state index contributed by atoms with van der Waals surface area (Å²) in [5, 5.41) is 20.9. The van der Waals surface area contributed by atoms with Crippen molar-refractivity contribution in [2.45, 2.75) is 18.6 Å². The van der Waals surface area contributed by atoms with Gasteiger partial charge in [-0.2, -0.15) is 0 Å². The zero-order valence-electron chi connectivity index (χ0n) is 15.5. The van der Waals surface area contributed by atoms with Crippen molar-refractivity contribution in [2.75, 3.05) is 32.2 Å². The Morgan fingerprint density at radius 1 is 1.14 bits per heavy atom. The molecule has 1 amide bonds. The third-order valence-electron chi connectivity index (χ3n) is 3.93. The summed E-state index contributed by atoms with van der Waals surface area (Å²) >= 11 is 3.34. The van der Waals surface area contributed by atoms with Crippen LogP contribution in [0.1, 0.15) is 18.1 Å². The zero-order valence-corrected chi connectivity index (χ0v) is 17.1. The van der Waals surface area contributed by atoms with Gasteiger partial charge in [0.15, 0.2) is 6.10 Å². The van der Waals surface area contributed by atoms with E-state index in [1.807, 2.05) is 0 Å². The summed E-state index contributed by atoms with van der Waals surface area (Å²) in [7, 11) is 1.50. The first-order valence-electron chi connectivity index (χ1n) is 8.78. The Hall–Kier alpha value is -2.13. The van der Waals surface area contributed by atoms with Crippen LogP contribution in [0, 0.1) is 0 Å². The van der Waals surface area contributed by atoms with Crippen LogP contribution < -0.4 is 10.1 Å². The van der Waals surface area contributed by atoms with Crippen molar-refractivity contribution in [2.24, 2.45) is 0 Å². The molecule has 0 saturated heterocycles. The SMILES string of the molecule is CO[C@H](CCO)[C@H](OC(=O)Nc1ccc(Br)cc1)c1cccc(OCCO)c1. The summed E-state index contributed by atoms with van der Waals surface area (Å²) in [4.78, 5) is 12.4. The molecule has 0 bridgehead atoms. The van der Waals surface area contributed by atoms with Crippen molar-refractivity contribution in [1.82, 2.24) is 0 Å². The topological polar surface area (TPSA) is 97.2 Å². The first-order chi connectivity index (χ1) is 13.6. The van der Waals surface area contributed by atoms with Gasteiger partial charge in [-0.05, 0) is 42.0 Å². The molecular weight excluding hydrogens is 430 g/mol. The molecule has 2 aromatic rings. The van der Waals surface area contributed by atoms with Crippen LogP contribution in [0.25, 0.3) is 0 Å². The maximum atomic E-state index is 12.4. The van der Waals surface area contributed by atoms with Gasteiger partial charge < -0.3 is 24.4 Å². The van der Waals surface area contributed by atoms with Gasteiger partial charge in [0, 0.05) is 30.3 Å². The molecule has 0 saturated carbocycles. The molecule has 0 spiro atoms.